The first kappa shape index (κ1) is 15.6. The maximum atomic E-state index is 12.9. The van der Waals surface area contributed by atoms with E-state index in [0.29, 0.717) is 27.5 Å². The molecule has 1 aliphatic rings. The lowest BCUT2D eigenvalue weighted by Crippen LogP contribution is -2.56. The molecule has 3 amide bonds. The number of nitrogen functional groups attached to an aromatic ring is 1. The van der Waals surface area contributed by atoms with Crippen LogP contribution in [0.1, 0.15) is 12.5 Å². The van der Waals surface area contributed by atoms with Gasteiger partial charge in [-0.2, -0.15) is 13.2 Å². The van der Waals surface area contributed by atoms with Gasteiger partial charge in [0, 0.05) is 10.2 Å². The Morgan fingerprint density at radius 3 is 2.43 bits per heavy atom. The summed E-state index contributed by atoms with van der Waals surface area (Å²) >= 11 is 3.18. The Kier molecular flexibility index (Phi) is 3.64. The third-order valence-corrected chi connectivity index (χ3v) is 3.62. The summed E-state index contributed by atoms with van der Waals surface area (Å²) in [5.74, 6) is -1.33. The molecule has 21 heavy (non-hydrogen) atoms. The number of hydrogen-bond acceptors (Lipinski definition) is 3. The predicted molar refractivity (Wildman–Crippen MR) is 72.1 cm³/mol. The minimum atomic E-state index is -4.87. The molecule has 0 spiro atoms. The first-order chi connectivity index (χ1) is 9.54. The van der Waals surface area contributed by atoms with Crippen LogP contribution >= 0.6 is 15.9 Å². The van der Waals surface area contributed by atoms with Crippen LogP contribution in [0.25, 0.3) is 0 Å². The number of hydrogen-bond donors (Lipinski definition) is 2. The van der Waals surface area contributed by atoms with Crippen molar-refractivity contribution in [2.24, 2.45) is 0 Å². The summed E-state index contributed by atoms with van der Waals surface area (Å²) in [6, 6.07) is 3.56. The average molecular weight is 366 g/mol. The standard InChI is InChI=1S/C12H11BrF3N3O2/c1-11(12(14,15)16)9(20)19(10(21)18-11)5-6-2-7(13)4-8(17)3-6/h2-4H,5,17H2,1H3,(H,18,21). The van der Waals surface area contributed by atoms with Crippen molar-refractivity contribution in [3.05, 3.63) is 28.2 Å². The van der Waals surface area contributed by atoms with Gasteiger partial charge in [0.25, 0.3) is 5.91 Å². The van der Waals surface area contributed by atoms with Crippen molar-refractivity contribution in [3.63, 3.8) is 0 Å². The van der Waals surface area contributed by atoms with Crippen LogP contribution in [0.4, 0.5) is 23.7 Å². The van der Waals surface area contributed by atoms with Crippen LogP contribution < -0.4 is 11.1 Å². The number of halogens is 4. The normalized spacial score (nSPS) is 22.6. The Morgan fingerprint density at radius 2 is 1.95 bits per heavy atom. The summed E-state index contributed by atoms with van der Waals surface area (Å²) < 4.78 is 39.4. The summed E-state index contributed by atoms with van der Waals surface area (Å²) in [6.45, 7) is 0.350. The first-order valence-electron chi connectivity index (χ1n) is 5.80. The molecule has 2 rings (SSSR count). The summed E-state index contributed by atoms with van der Waals surface area (Å²) in [5.41, 5.74) is 3.52. The van der Waals surface area contributed by atoms with Crippen LogP contribution in [0, 0.1) is 0 Å². The Labute approximate surface area is 126 Å². The topological polar surface area (TPSA) is 75.4 Å². The van der Waals surface area contributed by atoms with E-state index in [0.717, 1.165) is 0 Å². The van der Waals surface area contributed by atoms with Gasteiger partial charge < -0.3 is 11.1 Å². The zero-order chi connectivity index (χ0) is 16.0. The van der Waals surface area contributed by atoms with E-state index in [9.17, 15) is 22.8 Å². The number of carbonyl (C=O) groups is 2. The molecule has 1 heterocycles. The summed E-state index contributed by atoms with van der Waals surface area (Å²) in [7, 11) is 0. The molecular weight excluding hydrogens is 355 g/mol. The van der Waals surface area contributed by atoms with Crippen LogP contribution in [0.2, 0.25) is 0 Å². The van der Waals surface area contributed by atoms with E-state index < -0.39 is 23.7 Å². The average Bonchev–Trinajstić information content (AvgIpc) is 2.52. The molecule has 114 valence electrons. The number of imide groups is 1. The van der Waals surface area contributed by atoms with E-state index >= 15 is 0 Å². The van der Waals surface area contributed by atoms with Gasteiger partial charge in [-0.3, -0.25) is 9.69 Å². The van der Waals surface area contributed by atoms with Gasteiger partial charge in [-0.05, 0) is 30.7 Å². The molecule has 1 aromatic carbocycles. The molecule has 0 aromatic heterocycles. The summed E-state index contributed by atoms with van der Waals surface area (Å²) in [4.78, 5) is 24.1. The molecular formula is C12H11BrF3N3O2. The number of nitrogens with zero attached hydrogens (tertiary/aromatic N) is 1. The Hall–Kier alpha value is -1.77. The zero-order valence-corrected chi connectivity index (χ0v) is 12.4. The highest BCUT2D eigenvalue weighted by Crippen LogP contribution is 2.35. The molecule has 1 atom stereocenters. The fraction of sp³-hybridized carbons (Fsp3) is 0.333. The fourth-order valence-electron chi connectivity index (χ4n) is 1.98. The van der Waals surface area contributed by atoms with E-state index in [1.807, 2.05) is 0 Å². The Morgan fingerprint density at radius 1 is 1.33 bits per heavy atom. The van der Waals surface area contributed by atoms with Crippen molar-refractivity contribution in [3.8, 4) is 0 Å². The molecule has 1 fully saturated rings. The van der Waals surface area contributed by atoms with Gasteiger partial charge >= 0.3 is 12.2 Å². The minimum Gasteiger partial charge on any atom is -0.399 e. The number of nitrogens with two attached hydrogens (primary N) is 1. The maximum Gasteiger partial charge on any atom is 0.420 e. The Bertz CT molecular complexity index is 600. The number of benzene rings is 1. The SMILES string of the molecule is CC1(C(F)(F)F)NC(=O)N(Cc2cc(N)cc(Br)c2)C1=O. The number of nitrogens with one attached hydrogen (secondary N) is 1. The van der Waals surface area contributed by atoms with Crippen LogP contribution in [-0.4, -0.2) is 28.6 Å². The fourth-order valence-corrected chi connectivity index (χ4v) is 2.54. The lowest BCUT2D eigenvalue weighted by Gasteiger charge is -2.24. The monoisotopic (exact) mass is 365 g/mol. The first-order valence-corrected chi connectivity index (χ1v) is 6.59. The second-order valence-electron chi connectivity index (χ2n) is 4.84. The predicted octanol–water partition coefficient (Wildman–Crippen LogP) is 2.40. The third kappa shape index (κ3) is 2.69. The quantitative estimate of drug-likeness (QED) is 0.624. The molecule has 5 nitrogen and oxygen atoms in total. The second kappa shape index (κ2) is 4.90. The molecule has 1 unspecified atom stereocenters. The van der Waals surface area contributed by atoms with Crippen molar-refractivity contribution in [1.82, 2.24) is 10.2 Å². The van der Waals surface area contributed by atoms with Gasteiger partial charge in [-0.15, -0.1) is 0 Å². The number of anilines is 1. The van der Waals surface area contributed by atoms with Gasteiger partial charge in [-0.1, -0.05) is 15.9 Å². The van der Waals surface area contributed by atoms with Crippen LogP contribution in [0.3, 0.4) is 0 Å². The van der Waals surface area contributed by atoms with Crippen molar-refractivity contribution in [2.45, 2.75) is 25.2 Å². The molecule has 0 radical (unpaired) electrons. The van der Waals surface area contributed by atoms with E-state index in [-0.39, 0.29) is 6.54 Å². The highest BCUT2D eigenvalue weighted by atomic mass is 79.9. The largest absolute Gasteiger partial charge is 0.420 e. The summed E-state index contributed by atoms with van der Waals surface area (Å²) in [5, 5.41) is 1.69. The highest BCUT2D eigenvalue weighted by molar-refractivity contribution is 9.10. The number of alkyl halides is 3. The zero-order valence-electron chi connectivity index (χ0n) is 10.8. The van der Waals surface area contributed by atoms with Crippen molar-refractivity contribution in [2.75, 3.05) is 5.73 Å². The van der Waals surface area contributed by atoms with Gasteiger partial charge in [0.15, 0.2) is 0 Å². The number of carbonyl (C=O) groups excluding carboxylic acids is 2. The van der Waals surface area contributed by atoms with Gasteiger partial charge in [0.05, 0.1) is 6.54 Å². The van der Waals surface area contributed by atoms with Crippen molar-refractivity contribution in [1.29, 1.82) is 0 Å². The molecule has 0 bridgehead atoms. The maximum absolute atomic E-state index is 12.9. The molecule has 9 heteroatoms. The lowest BCUT2D eigenvalue weighted by atomic mass is 10.0. The number of urea groups is 1. The minimum absolute atomic E-state index is 0.292. The molecule has 1 aromatic rings. The van der Waals surface area contributed by atoms with Crippen molar-refractivity contribution >= 4 is 33.6 Å². The van der Waals surface area contributed by atoms with Gasteiger partial charge in [-0.25, -0.2) is 4.79 Å². The lowest BCUT2D eigenvalue weighted by molar-refractivity contribution is -0.191. The van der Waals surface area contributed by atoms with E-state index in [1.165, 1.54) is 6.07 Å². The molecule has 3 N–H and O–H groups in total. The van der Waals surface area contributed by atoms with Crippen LogP contribution in [0.5, 0.6) is 0 Å². The number of rotatable bonds is 2. The smallest absolute Gasteiger partial charge is 0.399 e. The van der Waals surface area contributed by atoms with Crippen LogP contribution in [-0.2, 0) is 11.3 Å². The molecule has 0 aliphatic carbocycles. The van der Waals surface area contributed by atoms with E-state index in [2.05, 4.69) is 15.9 Å². The Balaban J connectivity index is 2.29. The van der Waals surface area contributed by atoms with Gasteiger partial charge in [0.1, 0.15) is 0 Å². The molecule has 1 aliphatic heterocycles. The third-order valence-electron chi connectivity index (χ3n) is 3.16. The molecule has 1 saturated heterocycles. The molecule has 0 saturated carbocycles. The summed E-state index contributed by atoms with van der Waals surface area (Å²) in [6.07, 6.45) is -4.87. The van der Waals surface area contributed by atoms with Crippen molar-refractivity contribution < 1.29 is 22.8 Å². The van der Waals surface area contributed by atoms with E-state index in [4.69, 9.17) is 5.73 Å². The second-order valence-corrected chi connectivity index (χ2v) is 5.75. The van der Waals surface area contributed by atoms with Crippen LogP contribution in [0.15, 0.2) is 22.7 Å². The number of amides is 3. The highest BCUT2D eigenvalue weighted by Gasteiger charge is 2.64. The van der Waals surface area contributed by atoms with E-state index in [1.54, 1.807) is 17.4 Å². The van der Waals surface area contributed by atoms with Gasteiger partial charge in [0.2, 0.25) is 5.54 Å².